The van der Waals surface area contributed by atoms with Crippen molar-refractivity contribution in [2.24, 2.45) is 5.73 Å². The molecule has 0 saturated carbocycles. The number of benzene rings is 2. The van der Waals surface area contributed by atoms with Gasteiger partial charge in [-0.3, -0.25) is 9.59 Å². The maximum absolute atomic E-state index is 12.7. The molecule has 31 heavy (non-hydrogen) atoms. The standard InChI is InChI=1S/C23H23Cl2N3O3/c24-16-3-1-14(2-4-16)11-20(26)23(30)28-9-6-17(7-10-28)31-21-12-15-5-8-27-22(29)18(15)13-19(21)25/h1-5,8,12-13,17,20H,6-7,9-11,26H2,(H,27,29)/t20-/m0/s1. The predicted molar refractivity (Wildman–Crippen MR) is 123 cm³/mol. The van der Waals surface area contributed by atoms with Crippen molar-refractivity contribution in [2.75, 3.05) is 13.1 Å². The first-order valence-corrected chi connectivity index (χ1v) is 10.9. The minimum Gasteiger partial charge on any atom is -0.489 e. The Hall–Kier alpha value is -2.54. The van der Waals surface area contributed by atoms with E-state index >= 15 is 0 Å². The minimum absolute atomic E-state index is 0.0589. The van der Waals surface area contributed by atoms with Crippen LogP contribution in [0.15, 0.2) is 53.5 Å². The molecule has 1 aliphatic rings. The van der Waals surface area contributed by atoms with Crippen LogP contribution in [-0.2, 0) is 11.2 Å². The van der Waals surface area contributed by atoms with E-state index in [1.165, 1.54) is 0 Å². The molecule has 6 nitrogen and oxygen atoms in total. The fraction of sp³-hybridized carbons (Fsp3) is 0.304. The molecule has 1 amide bonds. The van der Waals surface area contributed by atoms with Crippen LogP contribution in [0.2, 0.25) is 10.0 Å². The minimum atomic E-state index is -0.591. The molecule has 0 radical (unpaired) electrons. The van der Waals surface area contributed by atoms with Gasteiger partial charge < -0.3 is 20.4 Å². The maximum atomic E-state index is 12.7. The summed E-state index contributed by atoms with van der Waals surface area (Å²) in [5.74, 6) is 0.486. The summed E-state index contributed by atoms with van der Waals surface area (Å²) in [5, 5.41) is 2.34. The molecule has 1 saturated heterocycles. The van der Waals surface area contributed by atoms with Crippen molar-refractivity contribution in [3.8, 4) is 5.75 Å². The molecule has 0 bridgehead atoms. The molecule has 3 aromatic rings. The molecule has 4 rings (SSSR count). The Labute approximate surface area is 189 Å². The molecule has 1 fully saturated rings. The largest absolute Gasteiger partial charge is 0.489 e. The van der Waals surface area contributed by atoms with E-state index in [1.54, 1.807) is 35.4 Å². The summed E-state index contributed by atoms with van der Waals surface area (Å²) < 4.78 is 6.10. The number of amides is 1. The number of fused-ring (bicyclic) bond motifs is 1. The number of carbonyl (C=O) groups excluding carboxylic acids is 1. The van der Waals surface area contributed by atoms with Crippen LogP contribution in [0.3, 0.4) is 0 Å². The molecule has 3 N–H and O–H groups in total. The van der Waals surface area contributed by atoms with Gasteiger partial charge in [0.25, 0.3) is 5.56 Å². The van der Waals surface area contributed by atoms with Gasteiger partial charge in [-0.25, -0.2) is 0 Å². The van der Waals surface area contributed by atoms with Gasteiger partial charge in [-0.05, 0) is 47.7 Å². The molecule has 2 heterocycles. The molecule has 1 aromatic heterocycles. The highest BCUT2D eigenvalue weighted by atomic mass is 35.5. The zero-order valence-electron chi connectivity index (χ0n) is 16.8. The highest BCUT2D eigenvalue weighted by molar-refractivity contribution is 6.32. The number of aromatic amines is 1. The summed E-state index contributed by atoms with van der Waals surface area (Å²) >= 11 is 12.2. The Balaban J connectivity index is 1.34. The predicted octanol–water partition coefficient (Wildman–Crippen LogP) is 3.77. The first-order chi connectivity index (χ1) is 14.9. The molecule has 1 aliphatic heterocycles. The average molecular weight is 460 g/mol. The molecule has 0 aliphatic carbocycles. The van der Waals surface area contributed by atoms with Gasteiger partial charge in [0.2, 0.25) is 5.91 Å². The van der Waals surface area contributed by atoms with Crippen LogP contribution in [0.4, 0.5) is 0 Å². The average Bonchev–Trinajstić information content (AvgIpc) is 2.76. The molecule has 1 atom stereocenters. The van der Waals surface area contributed by atoms with Gasteiger partial charge in [0.1, 0.15) is 11.9 Å². The molecule has 8 heteroatoms. The fourth-order valence-electron chi connectivity index (χ4n) is 3.85. The molecular weight excluding hydrogens is 437 g/mol. The number of hydrogen-bond acceptors (Lipinski definition) is 4. The Bertz CT molecular complexity index is 1140. The Morgan fingerprint density at radius 3 is 2.58 bits per heavy atom. The van der Waals surface area contributed by atoms with Gasteiger partial charge in [0.15, 0.2) is 0 Å². The first-order valence-electron chi connectivity index (χ1n) is 10.2. The molecule has 0 spiro atoms. The number of piperidine rings is 1. The number of pyridine rings is 1. The summed E-state index contributed by atoms with van der Waals surface area (Å²) in [4.78, 5) is 29.1. The van der Waals surface area contributed by atoms with Gasteiger partial charge in [0.05, 0.1) is 11.1 Å². The van der Waals surface area contributed by atoms with E-state index in [0.717, 1.165) is 10.9 Å². The summed E-state index contributed by atoms with van der Waals surface area (Å²) in [6.45, 7) is 1.14. The van der Waals surface area contributed by atoms with Gasteiger partial charge in [-0.2, -0.15) is 0 Å². The van der Waals surface area contributed by atoms with E-state index in [-0.39, 0.29) is 17.6 Å². The molecule has 2 aromatic carbocycles. The fourth-order valence-corrected chi connectivity index (χ4v) is 4.18. The van der Waals surface area contributed by atoms with Crippen molar-refractivity contribution in [3.05, 3.63) is 74.6 Å². The lowest BCUT2D eigenvalue weighted by atomic mass is 10.0. The Kier molecular flexibility index (Phi) is 6.51. The van der Waals surface area contributed by atoms with Crippen LogP contribution in [0.25, 0.3) is 10.8 Å². The van der Waals surface area contributed by atoms with Gasteiger partial charge in [-0.1, -0.05) is 35.3 Å². The topological polar surface area (TPSA) is 88.4 Å². The van der Waals surface area contributed by atoms with Crippen LogP contribution < -0.4 is 16.0 Å². The monoisotopic (exact) mass is 459 g/mol. The Morgan fingerprint density at radius 1 is 1.16 bits per heavy atom. The second-order valence-corrected chi connectivity index (χ2v) is 8.60. The zero-order valence-corrected chi connectivity index (χ0v) is 18.3. The third-order valence-electron chi connectivity index (χ3n) is 5.56. The van der Waals surface area contributed by atoms with E-state index in [9.17, 15) is 9.59 Å². The molecule has 0 unspecified atom stereocenters. The van der Waals surface area contributed by atoms with Crippen molar-refractivity contribution in [1.29, 1.82) is 0 Å². The quantitative estimate of drug-likeness (QED) is 0.607. The summed E-state index contributed by atoms with van der Waals surface area (Å²) in [6, 6.07) is 12.0. The Morgan fingerprint density at radius 2 is 1.87 bits per heavy atom. The van der Waals surface area contributed by atoms with E-state index in [4.69, 9.17) is 33.7 Å². The maximum Gasteiger partial charge on any atom is 0.255 e. The number of aromatic nitrogens is 1. The van der Waals surface area contributed by atoms with E-state index in [2.05, 4.69) is 4.98 Å². The third kappa shape index (κ3) is 5.03. The molecular formula is C23H23Cl2N3O3. The number of H-pyrrole nitrogens is 1. The van der Waals surface area contributed by atoms with E-state index in [1.807, 2.05) is 18.2 Å². The lowest BCUT2D eigenvalue weighted by Crippen LogP contribution is -2.49. The van der Waals surface area contributed by atoms with Crippen molar-refractivity contribution in [1.82, 2.24) is 9.88 Å². The van der Waals surface area contributed by atoms with Crippen LogP contribution in [-0.4, -0.2) is 41.0 Å². The van der Waals surface area contributed by atoms with Crippen LogP contribution >= 0.6 is 23.2 Å². The van der Waals surface area contributed by atoms with Gasteiger partial charge in [0, 0.05) is 42.5 Å². The number of nitrogens with two attached hydrogens (primary N) is 1. The second kappa shape index (κ2) is 9.30. The van der Waals surface area contributed by atoms with Crippen molar-refractivity contribution in [3.63, 3.8) is 0 Å². The van der Waals surface area contributed by atoms with Crippen molar-refractivity contribution < 1.29 is 9.53 Å². The third-order valence-corrected chi connectivity index (χ3v) is 6.11. The highest BCUT2D eigenvalue weighted by Gasteiger charge is 2.27. The normalized spacial score (nSPS) is 15.8. The first kappa shape index (κ1) is 21.7. The number of halogens is 2. The van der Waals surface area contributed by atoms with Crippen LogP contribution in [0.1, 0.15) is 18.4 Å². The number of nitrogens with zero attached hydrogens (tertiary/aromatic N) is 1. The lowest BCUT2D eigenvalue weighted by molar-refractivity contribution is -0.134. The second-order valence-electron chi connectivity index (χ2n) is 7.76. The SMILES string of the molecule is N[C@@H](Cc1ccc(Cl)cc1)C(=O)N1CCC(Oc2cc3cc[nH]c(=O)c3cc2Cl)CC1. The number of carbonyl (C=O) groups is 1. The number of ether oxygens (including phenoxy) is 1. The number of nitrogens with one attached hydrogen (secondary N) is 1. The van der Waals surface area contributed by atoms with Crippen molar-refractivity contribution >= 4 is 39.9 Å². The number of hydrogen-bond donors (Lipinski definition) is 2. The summed E-state index contributed by atoms with van der Waals surface area (Å²) in [5.41, 5.74) is 6.95. The van der Waals surface area contributed by atoms with Crippen LogP contribution in [0, 0.1) is 0 Å². The molecule has 162 valence electrons. The van der Waals surface area contributed by atoms with Gasteiger partial charge >= 0.3 is 0 Å². The lowest BCUT2D eigenvalue weighted by Gasteiger charge is -2.33. The van der Waals surface area contributed by atoms with E-state index < -0.39 is 6.04 Å². The van der Waals surface area contributed by atoms with Crippen LogP contribution in [0.5, 0.6) is 5.75 Å². The van der Waals surface area contributed by atoms with E-state index in [0.29, 0.717) is 53.5 Å². The van der Waals surface area contributed by atoms with Gasteiger partial charge in [-0.15, -0.1) is 0 Å². The summed E-state index contributed by atoms with van der Waals surface area (Å²) in [7, 11) is 0. The number of rotatable bonds is 5. The smallest absolute Gasteiger partial charge is 0.255 e. The summed E-state index contributed by atoms with van der Waals surface area (Å²) in [6.07, 6.45) is 3.37. The highest BCUT2D eigenvalue weighted by Crippen LogP contribution is 2.31. The van der Waals surface area contributed by atoms with Crippen molar-refractivity contribution in [2.45, 2.75) is 31.4 Å². The number of likely N-dealkylation sites (tertiary alicyclic amines) is 1. The zero-order chi connectivity index (χ0) is 22.0.